The van der Waals surface area contributed by atoms with Crippen LogP contribution in [0.15, 0.2) is 30.3 Å². The van der Waals surface area contributed by atoms with Crippen molar-refractivity contribution in [1.29, 1.82) is 0 Å². The number of carbonyl (C=O) groups excluding carboxylic acids is 2. The Bertz CT molecular complexity index is 451. The number of benzene rings is 1. The second-order valence-corrected chi connectivity index (χ2v) is 5.42. The van der Waals surface area contributed by atoms with Crippen molar-refractivity contribution >= 4 is 11.8 Å². The average molecular weight is 273 g/mol. The Labute approximate surface area is 119 Å². The SMILES string of the molecule is [NH]C(=O)CCCC1CCN(C(=O)c2ccccc2)CC1. The Morgan fingerprint density at radius 1 is 1.15 bits per heavy atom. The predicted octanol–water partition coefficient (Wildman–Crippen LogP) is 2.52. The lowest BCUT2D eigenvalue weighted by atomic mass is 9.91. The van der Waals surface area contributed by atoms with Gasteiger partial charge in [0.05, 0.1) is 0 Å². The van der Waals surface area contributed by atoms with Crippen molar-refractivity contribution in [2.45, 2.75) is 32.1 Å². The lowest BCUT2D eigenvalue weighted by Gasteiger charge is -2.32. The van der Waals surface area contributed by atoms with Crippen LogP contribution in [0.2, 0.25) is 0 Å². The molecule has 20 heavy (non-hydrogen) atoms. The maximum absolute atomic E-state index is 12.3. The third kappa shape index (κ3) is 4.08. The summed E-state index contributed by atoms with van der Waals surface area (Å²) >= 11 is 0. The zero-order valence-corrected chi connectivity index (χ0v) is 11.7. The zero-order valence-electron chi connectivity index (χ0n) is 11.7. The normalized spacial score (nSPS) is 16.1. The molecule has 1 heterocycles. The number of nitrogens with zero attached hydrogens (tertiary/aromatic N) is 1. The summed E-state index contributed by atoms with van der Waals surface area (Å²) in [6, 6.07) is 9.40. The van der Waals surface area contributed by atoms with Crippen LogP contribution < -0.4 is 5.73 Å². The summed E-state index contributed by atoms with van der Waals surface area (Å²) in [5, 5.41) is 0. The minimum atomic E-state index is -0.471. The van der Waals surface area contributed by atoms with Crippen LogP contribution in [0.1, 0.15) is 42.5 Å². The summed E-state index contributed by atoms with van der Waals surface area (Å²) in [5.41, 5.74) is 7.64. The van der Waals surface area contributed by atoms with Gasteiger partial charge in [0.15, 0.2) is 0 Å². The maximum atomic E-state index is 12.3. The molecule has 0 saturated carbocycles. The highest BCUT2D eigenvalue weighted by Crippen LogP contribution is 2.23. The molecule has 1 radical (unpaired) electrons. The van der Waals surface area contributed by atoms with E-state index in [4.69, 9.17) is 5.73 Å². The first kappa shape index (κ1) is 14.6. The van der Waals surface area contributed by atoms with Gasteiger partial charge in [0.2, 0.25) is 5.91 Å². The van der Waals surface area contributed by atoms with Gasteiger partial charge in [-0.1, -0.05) is 18.2 Å². The molecule has 4 nitrogen and oxygen atoms in total. The standard InChI is InChI=1S/C16H21N2O2/c17-15(19)8-4-5-13-9-11-18(12-10-13)16(20)14-6-2-1-3-7-14/h1-3,6-7,13,17H,4-5,8-12H2. The van der Waals surface area contributed by atoms with E-state index in [1.807, 2.05) is 35.2 Å². The topological polar surface area (TPSA) is 61.2 Å². The Balaban J connectivity index is 1.77. The van der Waals surface area contributed by atoms with Crippen LogP contribution in [0.25, 0.3) is 0 Å². The van der Waals surface area contributed by atoms with Crippen molar-refractivity contribution < 1.29 is 9.59 Å². The molecule has 4 heteroatoms. The van der Waals surface area contributed by atoms with Gasteiger partial charge in [0, 0.05) is 25.1 Å². The predicted molar refractivity (Wildman–Crippen MR) is 77.0 cm³/mol. The quantitative estimate of drug-likeness (QED) is 0.827. The molecule has 0 bridgehead atoms. The second-order valence-electron chi connectivity index (χ2n) is 5.42. The lowest BCUT2D eigenvalue weighted by molar-refractivity contribution is -0.118. The molecule has 1 N–H and O–H groups in total. The van der Waals surface area contributed by atoms with Gasteiger partial charge < -0.3 is 4.90 Å². The summed E-state index contributed by atoms with van der Waals surface area (Å²) in [5.74, 6) is 0.237. The fourth-order valence-corrected chi connectivity index (χ4v) is 2.74. The second kappa shape index (κ2) is 7.08. The highest BCUT2D eigenvalue weighted by atomic mass is 16.2. The van der Waals surface area contributed by atoms with E-state index >= 15 is 0 Å². The van der Waals surface area contributed by atoms with Crippen molar-refractivity contribution in [3.63, 3.8) is 0 Å². The number of rotatable bonds is 5. The first-order valence-corrected chi connectivity index (χ1v) is 7.25. The number of nitrogens with one attached hydrogen (secondary N) is 1. The van der Waals surface area contributed by atoms with E-state index in [1.54, 1.807) is 0 Å². The van der Waals surface area contributed by atoms with Crippen molar-refractivity contribution in [2.24, 2.45) is 5.92 Å². The zero-order chi connectivity index (χ0) is 14.4. The summed E-state index contributed by atoms with van der Waals surface area (Å²) < 4.78 is 0. The van der Waals surface area contributed by atoms with Crippen LogP contribution in [0.5, 0.6) is 0 Å². The molecular weight excluding hydrogens is 252 g/mol. The molecule has 0 atom stereocenters. The van der Waals surface area contributed by atoms with Crippen LogP contribution in [0.3, 0.4) is 0 Å². The first-order chi connectivity index (χ1) is 9.66. The molecule has 1 aliphatic heterocycles. The van der Waals surface area contributed by atoms with Crippen molar-refractivity contribution in [3.8, 4) is 0 Å². The Hall–Kier alpha value is -1.84. The van der Waals surface area contributed by atoms with Crippen LogP contribution in [0, 0.1) is 5.92 Å². The van der Waals surface area contributed by atoms with Gasteiger partial charge in [0.25, 0.3) is 5.91 Å². The van der Waals surface area contributed by atoms with Gasteiger partial charge in [-0.25, -0.2) is 0 Å². The van der Waals surface area contributed by atoms with E-state index in [9.17, 15) is 9.59 Å². The van der Waals surface area contributed by atoms with Crippen LogP contribution in [0.4, 0.5) is 0 Å². The molecule has 107 valence electrons. The molecule has 1 aliphatic rings. The molecule has 0 spiro atoms. The van der Waals surface area contributed by atoms with E-state index < -0.39 is 5.91 Å². The Kier molecular flexibility index (Phi) is 5.16. The molecular formula is C16H21N2O2. The number of amides is 2. The van der Waals surface area contributed by atoms with E-state index in [1.165, 1.54) is 0 Å². The fraction of sp³-hybridized carbons (Fsp3) is 0.500. The van der Waals surface area contributed by atoms with Gasteiger partial charge in [-0.15, -0.1) is 0 Å². The number of piperidine rings is 1. The van der Waals surface area contributed by atoms with Gasteiger partial charge >= 0.3 is 0 Å². The molecule has 2 rings (SSSR count). The Morgan fingerprint density at radius 2 is 1.80 bits per heavy atom. The largest absolute Gasteiger partial charge is 0.339 e. The number of likely N-dealkylation sites (tertiary alicyclic amines) is 1. The fourth-order valence-electron chi connectivity index (χ4n) is 2.74. The summed E-state index contributed by atoms with van der Waals surface area (Å²) in [4.78, 5) is 24.8. The Morgan fingerprint density at radius 3 is 2.40 bits per heavy atom. The highest BCUT2D eigenvalue weighted by molar-refractivity contribution is 5.94. The molecule has 1 aromatic carbocycles. The van der Waals surface area contributed by atoms with Crippen LogP contribution in [-0.2, 0) is 4.79 Å². The molecule has 0 aromatic heterocycles. The minimum Gasteiger partial charge on any atom is -0.339 e. The number of hydrogen-bond donors (Lipinski definition) is 0. The molecule has 0 unspecified atom stereocenters. The molecule has 2 amide bonds. The molecule has 0 aliphatic carbocycles. The third-order valence-electron chi connectivity index (χ3n) is 3.94. The smallest absolute Gasteiger partial charge is 0.253 e. The monoisotopic (exact) mass is 273 g/mol. The average Bonchev–Trinajstić information content (AvgIpc) is 2.48. The van der Waals surface area contributed by atoms with E-state index in [0.717, 1.165) is 44.3 Å². The van der Waals surface area contributed by atoms with Crippen molar-refractivity contribution in [3.05, 3.63) is 35.9 Å². The van der Waals surface area contributed by atoms with Crippen molar-refractivity contribution in [1.82, 2.24) is 10.6 Å². The highest BCUT2D eigenvalue weighted by Gasteiger charge is 2.23. The summed E-state index contributed by atoms with van der Waals surface area (Å²) in [6.45, 7) is 1.60. The lowest BCUT2D eigenvalue weighted by Crippen LogP contribution is -2.38. The molecule has 1 fully saturated rings. The van der Waals surface area contributed by atoms with Gasteiger partial charge in [-0.2, -0.15) is 0 Å². The number of hydrogen-bond acceptors (Lipinski definition) is 2. The van der Waals surface area contributed by atoms with E-state index in [-0.39, 0.29) is 5.91 Å². The van der Waals surface area contributed by atoms with Crippen molar-refractivity contribution in [2.75, 3.05) is 13.1 Å². The third-order valence-corrected chi connectivity index (χ3v) is 3.94. The maximum Gasteiger partial charge on any atom is 0.253 e. The summed E-state index contributed by atoms with van der Waals surface area (Å²) in [6.07, 6.45) is 4.18. The first-order valence-electron chi connectivity index (χ1n) is 7.25. The van der Waals surface area contributed by atoms with Gasteiger partial charge in [-0.05, 0) is 43.7 Å². The molecule has 1 saturated heterocycles. The van der Waals surface area contributed by atoms with Gasteiger partial charge in [0.1, 0.15) is 0 Å². The van der Waals surface area contributed by atoms with E-state index in [0.29, 0.717) is 12.3 Å². The van der Waals surface area contributed by atoms with Crippen LogP contribution in [-0.4, -0.2) is 29.8 Å². The van der Waals surface area contributed by atoms with Gasteiger partial charge in [-0.3, -0.25) is 15.3 Å². The molecule has 1 aromatic rings. The van der Waals surface area contributed by atoms with Crippen LogP contribution >= 0.6 is 0 Å². The summed E-state index contributed by atoms with van der Waals surface area (Å²) in [7, 11) is 0. The number of carbonyl (C=O) groups is 2. The van der Waals surface area contributed by atoms with E-state index in [2.05, 4.69) is 0 Å². The minimum absolute atomic E-state index is 0.116.